The lowest BCUT2D eigenvalue weighted by Crippen LogP contribution is -2.10. The Bertz CT molecular complexity index is 683. The van der Waals surface area contributed by atoms with Crippen LogP contribution in [0.25, 0.3) is 11.1 Å². The molecule has 0 radical (unpaired) electrons. The molecule has 0 spiro atoms. The van der Waals surface area contributed by atoms with Crippen molar-refractivity contribution in [3.05, 3.63) is 40.8 Å². The second-order valence-electron chi connectivity index (χ2n) is 5.79. The average Bonchev–Trinajstić information content (AvgIpc) is 2.67. The quantitative estimate of drug-likeness (QED) is 0.477. The Morgan fingerprint density at radius 3 is 1.46 bits per heavy atom. The highest BCUT2D eigenvalue weighted by atomic mass is 16.5. The zero-order valence-corrected chi connectivity index (χ0v) is 16.2. The Balaban J connectivity index is 3.85. The highest BCUT2D eigenvalue weighted by molar-refractivity contribution is 6.24. The van der Waals surface area contributed by atoms with Gasteiger partial charge in [-0.1, -0.05) is 45.9 Å². The van der Waals surface area contributed by atoms with E-state index in [4.69, 9.17) is 4.74 Å². The number of hydrogen-bond acceptors (Lipinski definition) is 5. The summed E-state index contributed by atoms with van der Waals surface area (Å²) in [6.45, 7) is 6.94. The highest BCUT2D eigenvalue weighted by Gasteiger charge is 2.25. The van der Waals surface area contributed by atoms with Gasteiger partial charge in [0.15, 0.2) is 11.6 Å². The zero-order chi connectivity index (χ0) is 19.9. The van der Waals surface area contributed by atoms with E-state index in [1.807, 2.05) is 0 Å². The molecule has 0 aromatic heterocycles. The van der Waals surface area contributed by atoms with Crippen molar-refractivity contribution in [1.82, 2.24) is 0 Å². The Kier molecular flexibility index (Phi) is 8.10. The van der Waals surface area contributed by atoms with Crippen LogP contribution in [0.5, 0.6) is 5.75 Å². The molecular weight excluding hydrogens is 332 g/mol. The first-order valence-corrected chi connectivity index (χ1v) is 8.95. The van der Waals surface area contributed by atoms with Gasteiger partial charge < -0.3 is 14.9 Å². The van der Waals surface area contributed by atoms with E-state index in [1.54, 1.807) is 45.9 Å². The van der Waals surface area contributed by atoms with E-state index in [-0.39, 0.29) is 47.1 Å². The van der Waals surface area contributed by atoms with E-state index < -0.39 is 0 Å². The predicted octanol–water partition coefficient (Wildman–Crippen LogP) is 5.01. The Morgan fingerprint density at radius 1 is 0.808 bits per heavy atom. The first-order chi connectivity index (χ1) is 12.4. The summed E-state index contributed by atoms with van der Waals surface area (Å²) in [5, 5.41) is 20.6. The molecule has 0 amide bonds. The molecule has 0 aliphatic heterocycles. The molecule has 0 saturated carbocycles. The van der Waals surface area contributed by atoms with Crippen LogP contribution in [0, 0.1) is 0 Å². The molecule has 142 valence electrons. The van der Waals surface area contributed by atoms with E-state index >= 15 is 0 Å². The molecule has 5 nitrogen and oxygen atoms in total. The first kappa shape index (κ1) is 21.5. The maximum absolute atomic E-state index is 12.4. The number of carbonyl (C=O) groups excluding carboxylic acids is 2. The van der Waals surface area contributed by atoms with Gasteiger partial charge in [0.25, 0.3) is 0 Å². The molecule has 0 aliphatic rings. The third kappa shape index (κ3) is 4.34. The highest BCUT2D eigenvalue weighted by Crippen LogP contribution is 2.38. The summed E-state index contributed by atoms with van der Waals surface area (Å²) in [5.41, 5.74) is 1.21. The summed E-state index contributed by atoms with van der Waals surface area (Å²) in [4.78, 5) is 24.9. The van der Waals surface area contributed by atoms with Crippen LogP contribution in [-0.4, -0.2) is 28.9 Å². The molecule has 1 aromatic carbocycles. The third-order valence-electron chi connectivity index (χ3n) is 4.20. The number of para-hydroxylation sites is 1. The van der Waals surface area contributed by atoms with Gasteiger partial charge in [-0.25, -0.2) is 0 Å². The molecular formula is C21H28O5. The minimum Gasteiger partial charge on any atom is -0.512 e. The summed E-state index contributed by atoms with van der Waals surface area (Å²) < 4.78 is 5.52. The monoisotopic (exact) mass is 360 g/mol. The molecule has 0 heterocycles. The van der Waals surface area contributed by atoms with Gasteiger partial charge in [0.05, 0.1) is 18.3 Å². The van der Waals surface area contributed by atoms with Crippen molar-refractivity contribution in [2.24, 2.45) is 0 Å². The summed E-state index contributed by atoms with van der Waals surface area (Å²) >= 11 is 0. The van der Waals surface area contributed by atoms with Crippen LogP contribution in [0.2, 0.25) is 0 Å². The van der Waals surface area contributed by atoms with Crippen molar-refractivity contribution in [3.8, 4) is 5.75 Å². The fourth-order valence-electron chi connectivity index (χ4n) is 2.79. The number of rotatable bonds is 9. The lowest BCUT2D eigenvalue weighted by atomic mass is 9.90. The van der Waals surface area contributed by atoms with E-state index in [2.05, 4.69) is 0 Å². The second kappa shape index (κ2) is 9.80. The first-order valence-electron chi connectivity index (χ1n) is 8.95. The number of benzene rings is 1. The van der Waals surface area contributed by atoms with Crippen LogP contribution in [-0.2, 0) is 9.59 Å². The van der Waals surface area contributed by atoms with E-state index in [0.717, 1.165) is 0 Å². The van der Waals surface area contributed by atoms with Gasteiger partial charge >= 0.3 is 0 Å². The standard InChI is InChI=1S/C21H28O5/c1-6-15(22)19(16(23)7-2)13-11-10-12-14(21(13)26-5)20(17(24)8-3)18(25)9-4/h10-12,22,24H,6-9H2,1-5H3/b19-15-,20-17-. The van der Waals surface area contributed by atoms with Crippen molar-refractivity contribution in [2.75, 3.05) is 7.11 Å². The van der Waals surface area contributed by atoms with Gasteiger partial charge in [0.2, 0.25) is 0 Å². The third-order valence-corrected chi connectivity index (χ3v) is 4.20. The topological polar surface area (TPSA) is 83.8 Å². The lowest BCUT2D eigenvalue weighted by molar-refractivity contribution is -0.114. The molecule has 5 heteroatoms. The van der Waals surface area contributed by atoms with Gasteiger partial charge in [-0.05, 0) is 0 Å². The van der Waals surface area contributed by atoms with Gasteiger partial charge in [-0.2, -0.15) is 0 Å². The number of ketones is 2. The van der Waals surface area contributed by atoms with Crippen molar-refractivity contribution in [1.29, 1.82) is 0 Å². The SMILES string of the molecule is CCC(=O)/C(=C(\O)CC)c1cccc(/C(C(=O)CC)=C(/O)CC)c1OC. The smallest absolute Gasteiger partial charge is 0.166 e. The predicted molar refractivity (Wildman–Crippen MR) is 103 cm³/mol. The van der Waals surface area contributed by atoms with Crippen LogP contribution in [0.3, 0.4) is 0 Å². The van der Waals surface area contributed by atoms with Crippen LogP contribution < -0.4 is 4.74 Å². The zero-order valence-electron chi connectivity index (χ0n) is 16.2. The molecule has 26 heavy (non-hydrogen) atoms. The maximum Gasteiger partial charge on any atom is 0.166 e. The number of methoxy groups -OCH3 is 1. The molecule has 0 atom stereocenters. The fraction of sp³-hybridized carbons (Fsp3) is 0.429. The van der Waals surface area contributed by atoms with Crippen molar-refractivity contribution < 1.29 is 24.5 Å². The van der Waals surface area contributed by atoms with Gasteiger partial charge in [-0.15, -0.1) is 0 Å². The molecule has 2 N–H and O–H groups in total. The number of aliphatic hydroxyl groups is 2. The van der Waals surface area contributed by atoms with E-state index in [1.165, 1.54) is 7.11 Å². The largest absolute Gasteiger partial charge is 0.512 e. The Hall–Kier alpha value is -2.56. The van der Waals surface area contributed by atoms with E-state index in [9.17, 15) is 19.8 Å². The van der Waals surface area contributed by atoms with Gasteiger partial charge in [0, 0.05) is 36.8 Å². The molecule has 1 rings (SSSR count). The van der Waals surface area contributed by atoms with Crippen molar-refractivity contribution >= 4 is 22.7 Å². The summed E-state index contributed by atoms with van der Waals surface area (Å²) in [6.07, 6.45) is 1.05. The Labute approximate surface area is 155 Å². The number of allylic oxidation sites excluding steroid dienone is 4. The second-order valence-corrected chi connectivity index (χ2v) is 5.79. The molecule has 0 aliphatic carbocycles. The minimum absolute atomic E-state index is 0.0284. The van der Waals surface area contributed by atoms with Gasteiger partial charge in [-0.3, -0.25) is 9.59 Å². The summed E-state index contributed by atoms with van der Waals surface area (Å²) in [6, 6.07) is 5.03. The molecule has 0 fully saturated rings. The number of Topliss-reactive ketones (excluding diaryl/α,β-unsaturated/α-hetero) is 2. The molecule has 1 aromatic rings. The number of hydrogen-bond donors (Lipinski definition) is 2. The van der Waals surface area contributed by atoms with Crippen LogP contribution >= 0.6 is 0 Å². The Morgan fingerprint density at radius 2 is 1.19 bits per heavy atom. The maximum atomic E-state index is 12.4. The lowest BCUT2D eigenvalue weighted by Gasteiger charge is -2.18. The minimum atomic E-state index is -0.216. The molecule has 0 saturated heterocycles. The summed E-state index contributed by atoms with van der Waals surface area (Å²) in [7, 11) is 1.44. The van der Waals surface area contributed by atoms with Crippen molar-refractivity contribution in [2.45, 2.75) is 53.4 Å². The van der Waals surface area contributed by atoms with Crippen LogP contribution in [0.4, 0.5) is 0 Å². The van der Waals surface area contributed by atoms with Gasteiger partial charge in [0.1, 0.15) is 17.3 Å². The van der Waals surface area contributed by atoms with Crippen LogP contribution in [0.1, 0.15) is 64.5 Å². The van der Waals surface area contributed by atoms with E-state index in [0.29, 0.717) is 29.7 Å². The fourth-order valence-corrected chi connectivity index (χ4v) is 2.79. The normalized spacial score (nSPS) is 13.0. The molecule has 0 unspecified atom stereocenters. The number of carbonyl (C=O) groups is 2. The average molecular weight is 360 g/mol. The summed E-state index contributed by atoms with van der Waals surface area (Å²) in [5.74, 6) is -0.196. The van der Waals surface area contributed by atoms with Crippen LogP contribution in [0.15, 0.2) is 29.7 Å². The number of ether oxygens (including phenoxy) is 1. The molecule has 0 bridgehead atoms. The number of aliphatic hydroxyl groups excluding tert-OH is 2. The van der Waals surface area contributed by atoms with Crippen molar-refractivity contribution in [3.63, 3.8) is 0 Å².